The van der Waals surface area contributed by atoms with Crippen molar-refractivity contribution in [1.29, 1.82) is 0 Å². The summed E-state index contributed by atoms with van der Waals surface area (Å²) in [6, 6.07) is 5.09. The molecule has 0 saturated carbocycles. The molecule has 7 heteroatoms. The third-order valence-corrected chi connectivity index (χ3v) is 3.70. The van der Waals surface area contributed by atoms with E-state index in [0.29, 0.717) is 43.2 Å². The summed E-state index contributed by atoms with van der Waals surface area (Å²) in [7, 11) is 3.07. The van der Waals surface area contributed by atoms with E-state index in [4.69, 9.17) is 14.2 Å². The van der Waals surface area contributed by atoms with Crippen LogP contribution in [0.1, 0.15) is 12.8 Å². The Morgan fingerprint density at radius 1 is 1.22 bits per heavy atom. The smallest absolute Gasteiger partial charge is 0.243 e. The monoisotopic (exact) mass is 322 g/mol. The van der Waals surface area contributed by atoms with Gasteiger partial charge < -0.3 is 24.8 Å². The molecule has 0 aromatic heterocycles. The molecule has 1 saturated heterocycles. The highest BCUT2D eigenvalue weighted by Crippen LogP contribution is 2.28. The lowest BCUT2D eigenvalue weighted by atomic mass is 9.99. The molecule has 1 aromatic carbocycles. The van der Waals surface area contributed by atoms with E-state index >= 15 is 0 Å². The average Bonchev–Trinajstić information content (AvgIpc) is 2.60. The van der Waals surface area contributed by atoms with Gasteiger partial charge in [-0.1, -0.05) is 0 Å². The summed E-state index contributed by atoms with van der Waals surface area (Å²) in [6.45, 7) is 1.10. The fourth-order valence-corrected chi connectivity index (χ4v) is 2.37. The molecule has 2 amide bonds. The lowest BCUT2D eigenvalue weighted by Gasteiger charge is -2.21. The zero-order chi connectivity index (χ0) is 16.7. The van der Waals surface area contributed by atoms with Gasteiger partial charge in [0.05, 0.1) is 26.5 Å². The topological polar surface area (TPSA) is 85.9 Å². The van der Waals surface area contributed by atoms with Crippen LogP contribution in [0.5, 0.6) is 11.5 Å². The maximum Gasteiger partial charge on any atom is 0.243 e. The summed E-state index contributed by atoms with van der Waals surface area (Å²) in [4.78, 5) is 24.0. The summed E-state index contributed by atoms with van der Waals surface area (Å²) < 4.78 is 15.5. The molecular formula is C16H22N2O5. The van der Waals surface area contributed by atoms with E-state index in [1.54, 1.807) is 25.3 Å². The second kappa shape index (κ2) is 8.38. The number of ether oxygens (including phenoxy) is 3. The first-order chi connectivity index (χ1) is 11.1. The number of amides is 2. The third-order valence-electron chi connectivity index (χ3n) is 3.70. The Morgan fingerprint density at radius 2 is 1.96 bits per heavy atom. The molecular weight excluding hydrogens is 300 g/mol. The van der Waals surface area contributed by atoms with Crippen molar-refractivity contribution in [3.05, 3.63) is 18.2 Å². The normalized spacial score (nSPS) is 14.9. The first kappa shape index (κ1) is 17.1. The molecule has 1 heterocycles. The summed E-state index contributed by atoms with van der Waals surface area (Å²) in [5.41, 5.74) is 0.526. The molecule has 1 aromatic rings. The standard InChI is InChI=1S/C16H22N2O5/c1-21-12-3-4-13(14(9-12)22-2)18-15(19)10-17-16(20)11-5-7-23-8-6-11/h3-4,9,11H,5-8,10H2,1-2H3,(H,17,20)(H,18,19). The van der Waals surface area contributed by atoms with Crippen molar-refractivity contribution < 1.29 is 23.8 Å². The van der Waals surface area contributed by atoms with Crippen LogP contribution in [0.25, 0.3) is 0 Å². The second-order valence-corrected chi connectivity index (χ2v) is 5.22. The van der Waals surface area contributed by atoms with Crippen molar-refractivity contribution in [2.75, 3.05) is 39.3 Å². The van der Waals surface area contributed by atoms with Gasteiger partial charge in [-0.25, -0.2) is 0 Å². The fraction of sp³-hybridized carbons (Fsp3) is 0.500. The highest BCUT2D eigenvalue weighted by atomic mass is 16.5. The number of anilines is 1. The van der Waals surface area contributed by atoms with E-state index in [-0.39, 0.29) is 24.3 Å². The maximum atomic E-state index is 12.0. The van der Waals surface area contributed by atoms with E-state index < -0.39 is 0 Å². The van der Waals surface area contributed by atoms with E-state index in [9.17, 15) is 9.59 Å². The maximum absolute atomic E-state index is 12.0. The highest BCUT2D eigenvalue weighted by Gasteiger charge is 2.21. The molecule has 0 spiro atoms. The van der Waals surface area contributed by atoms with Gasteiger partial charge in [-0.15, -0.1) is 0 Å². The predicted molar refractivity (Wildman–Crippen MR) is 84.7 cm³/mol. The molecule has 2 N–H and O–H groups in total. The number of hydrogen-bond donors (Lipinski definition) is 2. The number of nitrogens with one attached hydrogen (secondary N) is 2. The molecule has 1 fully saturated rings. The Kier molecular flexibility index (Phi) is 6.22. The molecule has 0 unspecified atom stereocenters. The second-order valence-electron chi connectivity index (χ2n) is 5.22. The quantitative estimate of drug-likeness (QED) is 0.821. The van der Waals surface area contributed by atoms with Crippen LogP contribution in [-0.2, 0) is 14.3 Å². The predicted octanol–water partition coefficient (Wildman–Crippen LogP) is 1.19. The van der Waals surface area contributed by atoms with Crippen molar-refractivity contribution in [2.24, 2.45) is 5.92 Å². The number of carbonyl (C=O) groups excluding carboxylic acids is 2. The molecule has 7 nitrogen and oxygen atoms in total. The molecule has 0 atom stereocenters. The first-order valence-corrected chi connectivity index (χ1v) is 7.51. The Balaban J connectivity index is 1.85. The number of carbonyl (C=O) groups is 2. The highest BCUT2D eigenvalue weighted by molar-refractivity contribution is 5.96. The van der Waals surface area contributed by atoms with Crippen LogP contribution in [-0.4, -0.2) is 45.8 Å². The number of methoxy groups -OCH3 is 2. The van der Waals surface area contributed by atoms with Crippen LogP contribution in [0.4, 0.5) is 5.69 Å². The molecule has 126 valence electrons. The van der Waals surface area contributed by atoms with Gasteiger partial charge in [0.1, 0.15) is 11.5 Å². The van der Waals surface area contributed by atoms with Gasteiger partial charge in [-0.2, -0.15) is 0 Å². The van der Waals surface area contributed by atoms with Gasteiger partial charge in [0.15, 0.2) is 0 Å². The summed E-state index contributed by atoms with van der Waals surface area (Å²) in [6.07, 6.45) is 1.39. The number of benzene rings is 1. The SMILES string of the molecule is COc1ccc(NC(=O)CNC(=O)C2CCOCC2)c(OC)c1. The summed E-state index contributed by atoms with van der Waals surface area (Å²) >= 11 is 0. The van der Waals surface area contributed by atoms with Gasteiger partial charge in [0, 0.05) is 25.2 Å². The van der Waals surface area contributed by atoms with Gasteiger partial charge in [0.25, 0.3) is 0 Å². The van der Waals surface area contributed by atoms with Gasteiger partial charge >= 0.3 is 0 Å². The molecule has 23 heavy (non-hydrogen) atoms. The van der Waals surface area contributed by atoms with E-state index in [1.165, 1.54) is 7.11 Å². The fourth-order valence-electron chi connectivity index (χ4n) is 2.37. The average molecular weight is 322 g/mol. The van der Waals surface area contributed by atoms with Gasteiger partial charge in [-0.3, -0.25) is 9.59 Å². The Hall–Kier alpha value is -2.28. The van der Waals surface area contributed by atoms with E-state index in [1.807, 2.05) is 0 Å². The van der Waals surface area contributed by atoms with Crippen LogP contribution in [0.15, 0.2) is 18.2 Å². The van der Waals surface area contributed by atoms with Crippen LogP contribution >= 0.6 is 0 Å². The lowest BCUT2D eigenvalue weighted by molar-refractivity contribution is -0.129. The molecule has 1 aliphatic heterocycles. The Morgan fingerprint density at radius 3 is 2.61 bits per heavy atom. The minimum atomic E-state index is -0.311. The number of rotatable bonds is 6. The Labute approximate surface area is 135 Å². The van der Waals surface area contributed by atoms with E-state index in [2.05, 4.69) is 10.6 Å². The molecule has 0 radical (unpaired) electrons. The lowest BCUT2D eigenvalue weighted by Crippen LogP contribution is -2.38. The number of hydrogen-bond acceptors (Lipinski definition) is 5. The van der Waals surface area contributed by atoms with Crippen LogP contribution in [0.3, 0.4) is 0 Å². The zero-order valence-corrected chi connectivity index (χ0v) is 13.4. The minimum absolute atomic E-state index is 0.0768. The summed E-state index contributed by atoms with van der Waals surface area (Å²) in [5, 5.41) is 5.37. The largest absolute Gasteiger partial charge is 0.497 e. The van der Waals surface area contributed by atoms with Crippen molar-refractivity contribution in [3.63, 3.8) is 0 Å². The van der Waals surface area contributed by atoms with Gasteiger partial charge in [0.2, 0.25) is 11.8 Å². The molecule has 0 bridgehead atoms. The third kappa shape index (κ3) is 4.85. The van der Waals surface area contributed by atoms with Crippen molar-refractivity contribution in [3.8, 4) is 11.5 Å². The molecule has 0 aliphatic carbocycles. The van der Waals surface area contributed by atoms with E-state index in [0.717, 1.165) is 0 Å². The molecule has 1 aliphatic rings. The first-order valence-electron chi connectivity index (χ1n) is 7.51. The van der Waals surface area contributed by atoms with Crippen molar-refractivity contribution >= 4 is 17.5 Å². The van der Waals surface area contributed by atoms with Crippen LogP contribution in [0.2, 0.25) is 0 Å². The van der Waals surface area contributed by atoms with Crippen molar-refractivity contribution in [1.82, 2.24) is 5.32 Å². The van der Waals surface area contributed by atoms with Crippen LogP contribution in [0, 0.1) is 5.92 Å². The molecule has 2 rings (SSSR count). The minimum Gasteiger partial charge on any atom is -0.497 e. The van der Waals surface area contributed by atoms with Crippen LogP contribution < -0.4 is 20.1 Å². The van der Waals surface area contributed by atoms with Crippen molar-refractivity contribution in [2.45, 2.75) is 12.8 Å². The summed E-state index contributed by atoms with van der Waals surface area (Å²) in [5.74, 6) is 0.632. The zero-order valence-electron chi connectivity index (χ0n) is 13.4. The Bertz CT molecular complexity index is 555. The van der Waals surface area contributed by atoms with Gasteiger partial charge in [-0.05, 0) is 25.0 Å².